The van der Waals surface area contributed by atoms with Crippen LogP contribution in [0.2, 0.25) is 5.02 Å². The van der Waals surface area contributed by atoms with Crippen LogP contribution in [0.1, 0.15) is 64.5 Å². The van der Waals surface area contributed by atoms with E-state index in [-0.39, 0.29) is 12.8 Å². The van der Waals surface area contributed by atoms with Crippen LogP contribution < -0.4 is 0 Å². The number of alkyl halides is 3. The predicted octanol–water partition coefficient (Wildman–Crippen LogP) is 4.97. The Hall–Kier alpha value is -1.80. The van der Waals surface area contributed by atoms with Crippen molar-refractivity contribution in [2.24, 2.45) is 5.41 Å². The van der Waals surface area contributed by atoms with Crippen molar-refractivity contribution in [3.63, 3.8) is 0 Å². The van der Waals surface area contributed by atoms with Gasteiger partial charge in [0, 0.05) is 17.5 Å². The van der Waals surface area contributed by atoms with Crippen LogP contribution in [0, 0.1) is 5.41 Å². The lowest BCUT2D eigenvalue weighted by atomic mass is 9.73. The maximum absolute atomic E-state index is 13.4. The van der Waals surface area contributed by atoms with E-state index in [0.717, 1.165) is 0 Å². The normalized spacial score (nSPS) is 25.7. The van der Waals surface area contributed by atoms with Gasteiger partial charge in [0.2, 0.25) is 5.91 Å². The molecular formula is C21H27ClF3NO4. The highest BCUT2D eigenvalue weighted by molar-refractivity contribution is 6.30. The van der Waals surface area contributed by atoms with Crippen molar-refractivity contribution in [3.05, 3.63) is 34.9 Å². The number of halogens is 4. The monoisotopic (exact) mass is 449 g/mol. The standard InChI is InChI=1S/C21H27ClF3NO4/c1-4-15(11-20(3,30)21(23,24)25)26-16(13-5-7-14(22)8-6-13)9-10-19(2,18(26)29)12-17(27)28/h5-8,15-16,30H,4,9-12H2,1-3H3,(H,27,28)/t15-,16-,19+,20?/m0/s1. The van der Waals surface area contributed by atoms with Crippen LogP contribution in [0.5, 0.6) is 0 Å². The molecule has 1 fully saturated rings. The highest BCUT2D eigenvalue weighted by Crippen LogP contribution is 2.46. The van der Waals surface area contributed by atoms with Gasteiger partial charge in [0.1, 0.15) is 0 Å². The minimum absolute atomic E-state index is 0.172. The fourth-order valence-electron chi connectivity index (χ4n) is 4.10. The lowest BCUT2D eigenvalue weighted by Gasteiger charge is -2.49. The summed E-state index contributed by atoms with van der Waals surface area (Å²) < 4.78 is 40.0. The van der Waals surface area contributed by atoms with Crippen LogP contribution in [-0.4, -0.2) is 44.8 Å². The summed E-state index contributed by atoms with van der Waals surface area (Å²) in [6.07, 6.45) is -5.13. The van der Waals surface area contributed by atoms with E-state index in [1.54, 1.807) is 31.2 Å². The third-order valence-corrected chi connectivity index (χ3v) is 6.21. The van der Waals surface area contributed by atoms with Crippen LogP contribution in [0.25, 0.3) is 0 Å². The van der Waals surface area contributed by atoms with Crippen LogP contribution in [-0.2, 0) is 9.59 Å². The quantitative estimate of drug-likeness (QED) is 0.616. The molecule has 1 aromatic carbocycles. The molecule has 0 saturated carbocycles. The molecule has 0 aliphatic carbocycles. The summed E-state index contributed by atoms with van der Waals surface area (Å²) in [5, 5.41) is 19.8. The van der Waals surface area contributed by atoms with E-state index in [4.69, 9.17) is 11.6 Å². The molecule has 1 aromatic rings. The van der Waals surface area contributed by atoms with Gasteiger partial charge < -0.3 is 15.1 Å². The molecule has 0 radical (unpaired) electrons. The number of carboxylic acid groups (broad SMARTS) is 1. The second kappa shape index (κ2) is 8.75. The Labute approximate surface area is 178 Å². The van der Waals surface area contributed by atoms with Gasteiger partial charge in [0.05, 0.1) is 17.9 Å². The molecule has 0 spiro atoms. The Morgan fingerprint density at radius 3 is 2.37 bits per heavy atom. The number of hydrogen-bond donors (Lipinski definition) is 2. The summed E-state index contributed by atoms with van der Waals surface area (Å²) in [4.78, 5) is 26.1. The maximum atomic E-state index is 13.4. The fourth-order valence-corrected chi connectivity index (χ4v) is 4.22. The van der Waals surface area contributed by atoms with Crippen molar-refractivity contribution in [2.45, 2.75) is 76.7 Å². The lowest BCUT2D eigenvalue weighted by Crippen LogP contribution is -2.56. The number of aliphatic hydroxyl groups is 1. The number of nitrogens with zero attached hydrogens (tertiary/aromatic N) is 1. The molecular weight excluding hydrogens is 423 g/mol. The highest BCUT2D eigenvalue weighted by Gasteiger charge is 2.54. The van der Waals surface area contributed by atoms with Crippen molar-refractivity contribution in [1.29, 1.82) is 0 Å². The molecule has 1 aliphatic rings. The summed E-state index contributed by atoms with van der Waals surface area (Å²) in [5.41, 5.74) is -3.51. The summed E-state index contributed by atoms with van der Waals surface area (Å²) in [6, 6.07) is 5.23. The van der Waals surface area contributed by atoms with Gasteiger partial charge in [-0.15, -0.1) is 0 Å². The highest BCUT2D eigenvalue weighted by atomic mass is 35.5. The van der Waals surface area contributed by atoms with E-state index in [1.165, 1.54) is 11.8 Å². The third kappa shape index (κ3) is 5.09. The molecule has 1 unspecified atom stereocenters. The molecule has 30 heavy (non-hydrogen) atoms. The Kier molecular flexibility index (Phi) is 7.13. The van der Waals surface area contributed by atoms with Crippen molar-refractivity contribution in [2.75, 3.05) is 0 Å². The van der Waals surface area contributed by atoms with Crippen LogP contribution in [0.15, 0.2) is 24.3 Å². The van der Waals surface area contributed by atoms with Gasteiger partial charge in [-0.3, -0.25) is 9.59 Å². The minimum atomic E-state index is -4.86. The zero-order chi connectivity index (χ0) is 22.9. The summed E-state index contributed by atoms with van der Waals surface area (Å²) in [5.74, 6) is -1.66. The van der Waals surface area contributed by atoms with Crippen molar-refractivity contribution < 1.29 is 33.0 Å². The fraction of sp³-hybridized carbons (Fsp3) is 0.619. The molecule has 0 bridgehead atoms. The first-order chi connectivity index (χ1) is 13.7. The first-order valence-corrected chi connectivity index (χ1v) is 10.2. The Bertz CT molecular complexity index is 781. The molecule has 1 aliphatic heterocycles. The van der Waals surface area contributed by atoms with Crippen LogP contribution in [0.3, 0.4) is 0 Å². The van der Waals surface area contributed by atoms with Gasteiger partial charge in [0.15, 0.2) is 5.60 Å². The molecule has 1 saturated heterocycles. The molecule has 2 N–H and O–H groups in total. The van der Waals surface area contributed by atoms with Crippen molar-refractivity contribution in [1.82, 2.24) is 4.90 Å². The zero-order valence-corrected chi connectivity index (χ0v) is 17.9. The first-order valence-electron chi connectivity index (χ1n) is 9.81. The van der Waals surface area contributed by atoms with Gasteiger partial charge in [-0.2, -0.15) is 13.2 Å². The van der Waals surface area contributed by atoms with E-state index in [9.17, 15) is 33.0 Å². The summed E-state index contributed by atoms with van der Waals surface area (Å²) in [7, 11) is 0. The molecule has 9 heteroatoms. The number of benzene rings is 1. The van der Waals surface area contributed by atoms with Gasteiger partial charge in [-0.05, 0) is 43.9 Å². The second-order valence-corrected chi connectivity index (χ2v) is 8.92. The van der Waals surface area contributed by atoms with Gasteiger partial charge >= 0.3 is 12.1 Å². The largest absolute Gasteiger partial charge is 0.481 e. The number of aliphatic carboxylic acids is 1. The zero-order valence-electron chi connectivity index (χ0n) is 17.2. The number of rotatable bonds is 7. The van der Waals surface area contributed by atoms with E-state index in [1.807, 2.05) is 0 Å². The van der Waals surface area contributed by atoms with Gasteiger partial charge in [-0.25, -0.2) is 0 Å². The smallest absolute Gasteiger partial charge is 0.416 e. The van der Waals surface area contributed by atoms with Gasteiger partial charge in [-0.1, -0.05) is 37.6 Å². The summed E-state index contributed by atoms with van der Waals surface area (Å²) in [6.45, 7) is 3.87. The van der Waals surface area contributed by atoms with Crippen LogP contribution >= 0.6 is 11.6 Å². The Morgan fingerprint density at radius 2 is 1.90 bits per heavy atom. The average Bonchev–Trinajstić information content (AvgIpc) is 2.61. The Balaban J connectivity index is 2.49. The minimum Gasteiger partial charge on any atom is -0.481 e. The van der Waals surface area contributed by atoms with E-state index in [0.29, 0.717) is 23.9 Å². The number of hydrogen-bond acceptors (Lipinski definition) is 3. The average molecular weight is 450 g/mol. The van der Waals surface area contributed by atoms with Gasteiger partial charge in [0.25, 0.3) is 0 Å². The number of piperidine rings is 1. The molecule has 2 rings (SSSR count). The number of amides is 1. The van der Waals surface area contributed by atoms with E-state index in [2.05, 4.69) is 0 Å². The molecule has 1 amide bonds. The maximum Gasteiger partial charge on any atom is 0.416 e. The number of carbonyl (C=O) groups excluding carboxylic acids is 1. The molecule has 4 atom stereocenters. The SMILES string of the molecule is CC[C@@H](CC(C)(O)C(F)(F)F)N1C(=O)[C@@](C)(CC(=O)O)CC[C@H]1c1ccc(Cl)cc1. The van der Waals surface area contributed by atoms with Crippen molar-refractivity contribution >= 4 is 23.5 Å². The lowest BCUT2D eigenvalue weighted by molar-refractivity contribution is -0.259. The van der Waals surface area contributed by atoms with E-state index < -0.39 is 54.0 Å². The predicted molar refractivity (Wildman–Crippen MR) is 106 cm³/mol. The number of carbonyl (C=O) groups is 2. The molecule has 5 nitrogen and oxygen atoms in total. The molecule has 168 valence electrons. The first kappa shape index (κ1) is 24.5. The van der Waals surface area contributed by atoms with Crippen molar-refractivity contribution in [3.8, 4) is 0 Å². The number of likely N-dealkylation sites (tertiary alicyclic amines) is 1. The molecule has 1 heterocycles. The molecule has 0 aromatic heterocycles. The summed E-state index contributed by atoms with van der Waals surface area (Å²) >= 11 is 5.94. The topological polar surface area (TPSA) is 77.8 Å². The number of carboxylic acids is 1. The Morgan fingerprint density at radius 1 is 1.33 bits per heavy atom. The third-order valence-electron chi connectivity index (χ3n) is 5.96. The van der Waals surface area contributed by atoms with E-state index >= 15 is 0 Å². The second-order valence-electron chi connectivity index (χ2n) is 8.49. The van der Waals surface area contributed by atoms with Crippen LogP contribution in [0.4, 0.5) is 13.2 Å².